The van der Waals surface area contributed by atoms with E-state index in [1.54, 1.807) is 7.11 Å². The third-order valence-corrected chi connectivity index (χ3v) is 3.21. The number of halogens is 1. The van der Waals surface area contributed by atoms with Crippen molar-refractivity contribution in [2.24, 2.45) is 0 Å². The van der Waals surface area contributed by atoms with Gasteiger partial charge in [0.1, 0.15) is 5.75 Å². The van der Waals surface area contributed by atoms with E-state index in [0.717, 1.165) is 29.6 Å². The molecule has 78 valence electrons. The third kappa shape index (κ3) is 4.25. The third-order valence-electron chi connectivity index (χ3n) is 1.83. The van der Waals surface area contributed by atoms with Crippen molar-refractivity contribution < 1.29 is 4.74 Å². The maximum atomic E-state index is 5.60. The molecule has 0 fully saturated rings. The molecule has 0 amide bonds. The Labute approximate surface area is 94.8 Å². The summed E-state index contributed by atoms with van der Waals surface area (Å²) < 4.78 is 5.15. The zero-order chi connectivity index (χ0) is 10.2. The van der Waals surface area contributed by atoms with Gasteiger partial charge in [0.25, 0.3) is 0 Å². The zero-order valence-electron chi connectivity index (χ0n) is 8.33. The number of hydrogen-bond acceptors (Lipinski definition) is 2. The standard InChI is InChI=1S/C11H15ClOS/c1-13-11-5-2-4-10(8-11)9-14-7-3-6-12/h2,4-5,8H,3,6-7,9H2,1H3. The fourth-order valence-corrected chi connectivity index (χ4v) is 2.31. The molecule has 1 aromatic carbocycles. The van der Waals surface area contributed by atoms with E-state index in [9.17, 15) is 0 Å². The quantitative estimate of drug-likeness (QED) is 0.546. The summed E-state index contributed by atoms with van der Waals surface area (Å²) in [6.07, 6.45) is 1.08. The lowest BCUT2D eigenvalue weighted by Gasteiger charge is -2.03. The van der Waals surface area contributed by atoms with Crippen molar-refractivity contribution in [2.75, 3.05) is 18.7 Å². The summed E-state index contributed by atoms with van der Waals surface area (Å²) in [6, 6.07) is 8.19. The Kier molecular flexibility index (Phi) is 5.88. The second-order valence-corrected chi connectivity index (χ2v) is 4.43. The number of benzene rings is 1. The zero-order valence-corrected chi connectivity index (χ0v) is 9.90. The molecule has 14 heavy (non-hydrogen) atoms. The van der Waals surface area contributed by atoms with Crippen molar-refractivity contribution in [1.29, 1.82) is 0 Å². The summed E-state index contributed by atoms with van der Waals surface area (Å²) >= 11 is 7.51. The van der Waals surface area contributed by atoms with E-state index in [2.05, 4.69) is 12.1 Å². The average Bonchev–Trinajstić information content (AvgIpc) is 2.25. The molecule has 0 aliphatic rings. The normalized spacial score (nSPS) is 10.1. The molecule has 0 bridgehead atoms. The van der Waals surface area contributed by atoms with Gasteiger partial charge < -0.3 is 4.74 Å². The Balaban J connectivity index is 2.34. The maximum absolute atomic E-state index is 5.60. The van der Waals surface area contributed by atoms with E-state index in [1.807, 2.05) is 23.9 Å². The fourth-order valence-electron chi connectivity index (χ4n) is 1.11. The van der Waals surface area contributed by atoms with E-state index in [0.29, 0.717) is 0 Å². The van der Waals surface area contributed by atoms with Crippen LogP contribution in [0.15, 0.2) is 24.3 Å². The first-order valence-corrected chi connectivity index (χ1v) is 6.32. The minimum Gasteiger partial charge on any atom is -0.497 e. The van der Waals surface area contributed by atoms with E-state index < -0.39 is 0 Å². The van der Waals surface area contributed by atoms with Gasteiger partial charge in [-0.15, -0.1) is 11.6 Å². The van der Waals surface area contributed by atoms with Crippen LogP contribution in [0.3, 0.4) is 0 Å². The molecule has 0 saturated heterocycles. The number of hydrogen-bond donors (Lipinski definition) is 0. The number of thioether (sulfide) groups is 1. The van der Waals surface area contributed by atoms with Gasteiger partial charge in [0.15, 0.2) is 0 Å². The monoisotopic (exact) mass is 230 g/mol. The van der Waals surface area contributed by atoms with Crippen LogP contribution in [0.4, 0.5) is 0 Å². The van der Waals surface area contributed by atoms with Crippen LogP contribution in [-0.4, -0.2) is 18.7 Å². The predicted octanol–water partition coefficient (Wildman–Crippen LogP) is 3.56. The van der Waals surface area contributed by atoms with Crippen LogP contribution in [-0.2, 0) is 5.75 Å². The van der Waals surface area contributed by atoms with Crippen LogP contribution in [0.5, 0.6) is 5.75 Å². The van der Waals surface area contributed by atoms with Gasteiger partial charge >= 0.3 is 0 Å². The van der Waals surface area contributed by atoms with Gasteiger partial charge in [-0.25, -0.2) is 0 Å². The van der Waals surface area contributed by atoms with Crippen LogP contribution in [0.2, 0.25) is 0 Å². The lowest BCUT2D eigenvalue weighted by Crippen LogP contribution is -1.87. The molecular weight excluding hydrogens is 216 g/mol. The van der Waals surface area contributed by atoms with E-state index in [4.69, 9.17) is 16.3 Å². The van der Waals surface area contributed by atoms with Gasteiger partial charge in [0.2, 0.25) is 0 Å². The lowest BCUT2D eigenvalue weighted by molar-refractivity contribution is 0.414. The molecule has 0 unspecified atom stereocenters. The summed E-state index contributed by atoms with van der Waals surface area (Å²) in [6.45, 7) is 0. The Bertz CT molecular complexity index is 265. The van der Waals surface area contributed by atoms with Crippen molar-refractivity contribution in [2.45, 2.75) is 12.2 Å². The van der Waals surface area contributed by atoms with Gasteiger partial charge in [-0.3, -0.25) is 0 Å². The maximum Gasteiger partial charge on any atom is 0.119 e. The highest BCUT2D eigenvalue weighted by Gasteiger charge is 1.95. The smallest absolute Gasteiger partial charge is 0.119 e. The first-order valence-electron chi connectivity index (χ1n) is 4.63. The minimum absolute atomic E-state index is 0.755. The fraction of sp³-hybridized carbons (Fsp3) is 0.455. The van der Waals surface area contributed by atoms with Crippen molar-refractivity contribution >= 4 is 23.4 Å². The van der Waals surface area contributed by atoms with E-state index in [-0.39, 0.29) is 0 Å². The van der Waals surface area contributed by atoms with Gasteiger partial charge in [-0.2, -0.15) is 11.8 Å². The predicted molar refractivity (Wildman–Crippen MR) is 64.5 cm³/mol. The van der Waals surface area contributed by atoms with Crippen LogP contribution in [0.25, 0.3) is 0 Å². The molecule has 0 aromatic heterocycles. The SMILES string of the molecule is COc1cccc(CSCCCCl)c1. The number of methoxy groups -OCH3 is 1. The van der Waals surface area contributed by atoms with Crippen LogP contribution in [0.1, 0.15) is 12.0 Å². The Morgan fingerprint density at radius 1 is 1.43 bits per heavy atom. The Morgan fingerprint density at radius 2 is 2.29 bits per heavy atom. The molecule has 1 aromatic rings. The highest BCUT2D eigenvalue weighted by molar-refractivity contribution is 7.98. The molecule has 0 aliphatic carbocycles. The molecule has 1 rings (SSSR count). The van der Waals surface area contributed by atoms with Crippen molar-refractivity contribution in [1.82, 2.24) is 0 Å². The Hall–Kier alpha value is -0.340. The molecular formula is C11H15ClOS. The molecule has 0 atom stereocenters. The van der Waals surface area contributed by atoms with Crippen molar-refractivity contribution in [3.8, 4) is 5.75 Å². The molecule has 1 nitrogen and oxygen atoms in total. The first-order chi connectivity index (χ1) is 6.86. The molecule has 0 spiro atoms. The van der Waals surface area contributed by atoms with Crippen LogP contribution >= 0.6 is 23.4 Å². The van der Waals surface area contributed by atoms with E-state index >= 15 is 0 Å². The summed E-state index contributed by atoms with van der Waals surface area (Å²) in [4.78, 5) is 0. The highest BCUT2D eigenvalue weighted by atomic mass is 35.5. The van der Waals surface area contributed by atoms with Gasteiger partial charge in [-0.1, -0.05) is 12.1 Å². The molecule has 3 heteroatoms. The highest BCUT2D eigenvalue weighted by Crippen LogP contribution is 2.18. The number of rotatable bonds is 6. The molecule has 0 aliphatic heterocycles. The lowest BCUT2D eigenvalue weighted by atomic mass is 10.2. The molecule has 0 N–H and O–H groups in total. The molecule has 0 radical (unpaired) electrons. The van der Waals surface area contributed by atoms with Gasteiger partial charge in [0.05, 0.1) is 7.11 Å². The van der Waals surface area contributed by atoms with Crippen LogP contribution < -0.4 is 4.74 Å². The minimum atomic E-state index is 0.755. The summed E-state index contributed by atoms with van der Waals surface area (Å²) in [5.74, 6) is 3.85. The van der Waals surface area contributed by atoms with Crippen molar-refractivity contribution in [3.63, 3.8) is 0 Å². The first kappa shape index (κ1) is 11.7. The van der Waals surface area contributed by atoms with Gasteiger partial charge in [-0.05, 0) is 29.9 Å². The number of alkyl halides is 1. The average molecular weight is 231 g/mol. The van der Waals surface area contributed by atoms with Gasteiger partial charge in [0, 0.05) is 11.6 Å². The molecule has 0 saturated carbocycles. The topological polar surface area (TPSA) is 9.23 Å². The second-order valence-electron chi connectivity index (χ2n) is 2.95. The van der Waals surface area contributed by atoms with Crippen LogP contribution in [0, 0.1) is 0 Å². The van der Waals surface area contributed by atoms with Crippen molar-refractivity contribution in [3.05, 3.63) is 29.8 Å². The van der Waals surface area contributed by atoms with E-state index in [1.165, 1.54) is 5.56 Å². The second kappa shape index (κ2) is 7.02. The summed E-state index contributed by atoms with van der Waals surface area (Å²) in [7, 11) is 1.69. The number of ether oxygens (including phenoxy) is 1. The largest absolute Gasteiger partial charge is 0.497 e. The summed E-state index contributed by atoms with van der Waals surface area (Å²) in [5.41, 5.74) is 1.31. The summed E-state index contributed by atoms with van der Waals surface area (Å²) in [5, 5.41) is 0. The Morgan fingerprint density at radius 3 is 3.00 bits per heavy atom. The molecule has 0 heterocycles.